The zero-order valence-electron chi connectivity index (χ0n) is 17.3. The van der Waals surface area contributed by atoms with E-state index in [1.165, 1.54) is 5.56 Å². The van der Waals surface area contributed by atoms with Crippen molar-refractivity contribution in [3.05, 3.63) is 65.1 Å². The molecule has 2 aromatic heterocycles. The van der Waals surface area contributed by atoms with Crippen LogP contribution in [0.3, 0.4) is 0 Å². The van der Waals surface area contributed by atoms with E-state index < -0.39 is 0 Å². The summed E-state index contributed by atoms with van der Waals surface area (Å²) in [5.41, 5.74) is 5.35. The van der Waals surface area contributed by atoms with Gasteiger partial charge in [-0.1, -0.05) is 23.8 Å². The van der Waals surface area contributed by atoms with Crippen LogP contribution < -0.4 is 15.4 Å². The lowest BCUT2D eigenvalue weighted by molar-refractivity contribution is 0.405. The number of hydrogen-bond donors (Lipinski definition) is 2. The van der Waals surface area contributed by atoms with Crippen molar-refractivity contribution in [1.29, 1.82) is 0 Å². The minimum Gasteiger partial charge on any atom is -0.496 e. The van der Waals surface area contributed by atoms with Crippen LogP contribution in [0.15, 0.2) is 47.6 Å². The molecule has 0 aliphatic rings. The van der Waals surface area contributed by atoms with Gasteiger partial charge in [0.2, 0.25) is 0 Å². The minimum absolute atomic E-state index is 0.0518. The number of benzene rings is 1. The molecule has 0 bridgehead atoms. The van der Waals surface area contributed by atoms with E-state index in [1.807, 2.05) is 24.4 Å². The molecule has 3 rings (SSSR count). The van der Waals surface area contributed by atoms with Gasteiger partial charge in [0.1, 0.15) is 11.4 Å². The molecule has 0 saturated carbocycles. The van der Waals surface area contributed by atoms with E-state index in [0.29, 0.717) is 6.54 Å². The number of fused-ring (bicyclic) bond motifs is 1. The van der Waals surface area contributed by atoms with Crippen molar-refractivity contribution in [3.8, 4) is 5.75 Å². The number of aryl methyl sites for hydroxylation is 2. The number of pyridine rings is 1. The highest BCUT2D eigenvalue weighted by Gasteiger charge is 2.13. The second-order valence-electron chi connectivity index (χ2n) is 6.93. The first-order chi connectivity index (χ1) is 13.5. The Balaban J connectivity index is 1.78. The van der Waals surface area contributed by atoms with Crippen molar-refractivity contribution in [2.24, 2.45) is 4.99 Å². The predicted octanol–water partition coefficient (Wildman–Crippen LogP) is 3.78. The summed E-state index contributed by atoms with van der Waals surface area (Å²) < 4.78 is 7.61. The maximum atomic E-state index is 5.52. The molecule has 6 nitrogen and oxygen atoms in total. The van der Waals surface area contributed by atoms with Gasteiger partial charge in [-0.3, -0.25) is 0 Å². The number of aliphatic imine (C=N–C) groups is 1. The SMILES string of the molecule is CCNC(=NCc1cn2c(C)cccc2n1)NC(C)c1cc(C)ccc1OC. The summed E-state index contributed by atoms with van der Waals surface area (Å²) in [6.07, 6.45) is 2.05. The Morgan fingerprint density at radius 1 is 1.25 bits per heavy atom. The summed E-state index contributed by atoms with van der Waals surface area (Å²) in [6.45, 7) is 9.62. The fraction of sp³-hybridized carbons (Fsp3) is 0.364. The van der Waals surface area contributed by atoms with Crippen LogP contribution in [0.25, 0.3) is 5.65 Å². The van der Waals surface area contributed by atoms with Crippen LogP contribution in [-0.2, 0) is 6.54 Å². The Bertz CT molecular complexity index is 976. The molecule has 0 aliphatic heterocycles. The average molecular weight is 380 g/mol. The highest BCUT2D eigenvalue weighted by molar-refractivity contribution is 5.80. The molecule has 0 fully saturated rings. The number of ether oxygens (including phenoxy) is 1. The summed E-state index contributed by atoms with van der Waals surface area (Å²) in [6, 6.07) is 12.4. The van der Waals surface area contributed by atoms with Gasteiger partial charge in [0.05, 0.1) is 25.4 Å². The minimum atomic E-state index is 0.0518. The van der Waals surface area contributed by atoms with E-state index in [9.17, 15) is 0 Å². The summed E-state index contributed by atoms with van der Waals surface area (Å²) in [7, 11) is 1.70. The maximum absolute atomic E-state index is 5.52. The fourth-order valence-electron chi connectivity index (χ4n) is 3.23. The average Bonchev–Trinajstić information content (AvgIpc) is 3.11. The van der Waals surface area contributed by atoms with E-state index in [1.54, 1.807) is 7.11 Å². The molecule has 6 heteroatoms. The van der Waals surface area contributed by atoms with E-state index in [0.717, 1.165) is 40.9 Å². The van der Waals surface area contributed by atoms with Gasteiger partial charge in [0.15, 0.2) is 5.96 Å². The number of imidazole rings is 1. The first-order valence-electron chi connectivity index (χ1n) is 9.64. The molecule has 0 spiro atoms. The molecular weight excluding hydrogens is 350 g/mol. The molecule has 1 unspecified atom stereocenters. The van der Waals surface area contributed by atoms with Crippen molar-refractivity contribution < 1.29 is 4.74 Å². The third kappa shape index (κ3) is 4.44. The van der Waals surface area contributed by atoms with Gasteiger partial charge in [0, 0.05) is 24.0 Å². The van der Waals surface area contributed by atoms with Crippen LogP contribution in [-0.4, -0.2) is 29.0 Å². The van der Waals surface area contributed by atoms with Crippen LogP contribution >= 0.6 is 0 Å². The Labute approximate surface area is 166 Å². The molecule has 3 aromatic rings. The first-order valence-corrected chi connectivity index (χ1v) is 9.64. The van der Waals surface area contributed by atoms with Gasteiger partial charge in [-0.05, 0) is 45.9 Å². The predicted molar refractivity (Wildman–Crippen MR) is 114 cm³/mol. The number of nitrogens with one attached hydrogen (secondary N) is 2. The summed E-state index contributed by atoms with van der Waals surface area (Å²) >= 11 is 0. The number of aromatic nitrogens is 2. The van der Waals surface area contributed by atoms with Gasteiger partial charge >= 0.3 is 0 Å². The van der Waals surface area contributed by atoms with Crippen LogP contribution in [0.4, 0.5) is 0 Å². The number of hydrogen-bond acceptors (Lipinski definition) is 3. The number of methoxy groups -OCH3 is 1. The smallest absolute Gasteiger partial charge is 0.192 e. The normalized spacial score (nSPS) is 12.8. The molecule has 1 aromatic carbocycles. The van der Waals surface area contributed by atoms with Crippen molar-refractivity contribution in [3.63, 3.8) is 0 Å². The second-order valence-corrected chi connectivity index (χ2v) is 6.93. The first kappa shape index (κ1) is 19.7. The van der Waals surface area contributed by atoms with Gasteiger partial charge < -0.3 is 19.8 Å². The molecule has 0 amide bonds. The van der Waals surface area contributed by atoms with Crippen molar-refractivity contribution in [1.82, 2.24) is 20.0 Å². The Morgan fingerprint density at radius 2 is 2.07 bits per heavy atom. The van der Waals surface area contributed by atoms with Crippen molar-refractivity contribution in [2.45, 2.75) is 40.3 Å². The van der Waals surface area contributed by atoms with Crippen molar-refractivity contribution in [2.75, 3.05) is 13.7 Å². The van der Waals surface area contributed by atoms with E-state index in [-0.39, 0.29) is 6.04 Å². The number of rotatable bonds is 6. The summed E-state index contributed by atoms with van der Waals surface area (Å²) in [5, 5.41) is 6.79. The quantitative estimate of drug-likeness (QED) is 0.505. The van der Waals surface area contributed by atoms with Gasteiger partial charge in [-0.2, -0.15) is 0 Å². The number of nitrogens with zero attached hydrogens (tertiary/aromatic N) is 3. The Hall–Kier alpha value is -3.02. The van der Waals surface area contributed by atoms with Crippen molar-refractivity contribution >= 4 is 11.6 Å². The molecule has 0 radical (unpaired) electrons. The molecule has 2 heterocycles. The fourth-order valence-corrected chi connectivity index (χ4v) is 3.23. The van der Waals surface area contributed by atoms with Gasteiger partial charge in [0.25, 0.3) is 0 Å². The molecule has 148 valence electrons. The van der Waals surface area contributed by atoms with Crippen LogP contribution in [0.1, 0.15) is 42.4 Å². The molecule has 0 aliphatic carbocycles. The highest BCUT2D eigenvalue weighted by Crippen LogP contribution is 2.26. The van der Waals surface area contributed by atoms with Gasteiger partial charge in [-0.25, -0.2) is 9.98 Å². The standard InChI is InChI=1S/C22H29N5O/c1-6-23-22(25-17(4)19-12-15(2)10-11-20(19)28-5)24-13-18-14-27-16(3)8-7-9-21(27)26-18/h7-12,14,17H,6,13H2,1-5H3,(H2,23,24,25). The monoisotopic (exact) mass is 379 g/mol. The van der Waals surface area contributed by atoms with Crippen LogP contribution in [0.2, 0.25) is 0 Å². The molecule has 2 N–H and O–H groups in total. The highest BCUT2D eigenvalue weighted by atomic mass is 16.5. The molecule has 1 atom stereocenters. The van der Waals surface area contributed by atoms with Crippen LogP contribution in [0.5, 0.6) is 5.75 Å². The third-order valence-corrected chi connectivity index (χ3v) is 4.69. The van der Waals surface area contributed by atoms with Crippen LogP contribution in [0, 0.1) is 13.8 Å². The lowest BCUT2D eigenvalue weighted by Crippen LogP contribution is -2.38. The summed E-state index contributed by atoms with van der Waals surface area (Å²) in [4.78, 5) is 9.39. The molecule has 28 heavy (non-hydrogen) atoms. The Kier molecular flexibility index (Phi) is 6.19. The lowest BCUT2D eigenvalue weighted by atomic mass is 10.0. The van der Waals surface area contributed by atoms with E-state index >= 15 is 0 Å². The van der Waals surface area contributed by atoms with Gasteiger partial charge in [-0.15, -0.1) is 0 Å². The summed E-state index contributed by atoms with van der Waals surface area (Å²) in [5.74, 6) is 1.63. The zero-order chi connectivity index (χ0) is 20.1. The third-order valence-electron chi connectivity index (χ3n) is 4.69. The molecule has 0 saturated heterocycles. The largest absolute Gasteiger partial charge is 0.496 e. The molecular formula is C22H29N5O. The second kappa shape index (κ2) is 8.78. The Morgan fingerprint density at radius 3 is 2.79 bits per heavy atom. The topological polar surface area (TPSA) is 63.0 Å². The van der Waals surface area contributed by atoms with E-state index in [4.69, 9.17) is 9.73 Å². The number of guanidine groups is 1. The van der Waals surface area contributed by atoms with E-state index in [2.05, 4.69) is 65.9 Å². The zero-order valence-corrected chi connectivity index (χ0v) is 17.3. The lowest BCUT2D eigenvalue weighted by Gasteiger charge is -2.20. The maximum Gasteiger partial charge on any atom is 0.192 e.